The molecule has 2 aromatic heterocycles. The van der Waals surface area contributed by atoms with Gasteiger partial charge in [0.1, 0.15) is 18.0 Å². The summed E-state index contributed by atoms with van der Waals surface area (Å²) in [6.07, 6.45) is -5.32. The van der Waals surface area contributed by atoms with Crippen LogP contribution in [0.4, 0.5) is 27.6 Å². The molecule has 0 N–H and O–H groups in total. The van der Waals surface area contributed by atoms with Gasteiger partial charge >= 0.3 is 6.18 Å². The van der Waals surface area contributed by atoms with Crippen LogP contribution in [0.15, 0.2) is 40.9 Å². The molecule has 13 heteroatoms. The lowest BCUT2D eigenvalue weighted by molar-refractivity contribution is -0.160. The second-order valence-corrected chi connectivity index (χ2v) is 10.7. The van der Waals surface area contributed by atoms with Crippen LogP contribution < -0.4 is 4.90 Å². The molecule has 4 heterocycles. The van der Waals surface area contributed by atoms with E-state index in [1.54, 1.807) is 6.92 Å². The summed E-state index contributed by atoms with van der Waals surface area (Å²) in [6, 6.07) is 7.71. The molecule has 2 amide bonds. The first-order chi connectivity index (χ1) is 19.9. The first-order valence-corrected chi connectivity index (χ1v) is 13.5. The highest BCUT2D eigenvalue weighted by Gasteiger charge is 2.41. The monoisotopic (exact) mass is 587 g/mol. The van der Waals surface area contributed by atoms with Gasteiger partial charge in [-0.05, 0) is 56.5 Å². The molecule has 4 aromatic rings. The molecule has 0 unspecified atom stereocenters. The Balaban J connectivity index is 1.45. The molecule has 0 saturated carbocycles. The Morgan fingerprint density at radius 3 is 2.55 bits per heavy atom. The molecule has 0 spiro atoms. The third-order valence-electron chi connectivity index (χ3n) is 7.96. The molecule has 8 nitrogen and oxygen atoms in total. The number of aromatic nitrogens is 3. The highest BCUT2D eigenvalue weighted by Crippen LogP contribution is 2.41. The van der Waals surface area contributed by atoms with Crippen LogP contribution >= 0.6 is 0 Å². The van der Waals surface area contributed by atoms with Gasteiger partial charge in [0, 0.05) is 36.8 Å². The maximum absolute atomic E-state index is 14.2. The number of hydrogen-bond donors (Lipinski definition) is 0. The standard InChI is InChI=1S/C29H26F5N5O3/c1-15-27(16(2)42-36-15)17-3-6-23-22(11-17)35-28(39(23)19-9-10-37(14-19)26(41)13-29(32,33)34)24-7-8-25(40)38(24)18-4-5-20(30)21(31)12-18/h3-6,11-12,19,24H,7-10,13-14H2,1-2H3/t19-,24+/m1/s1. The van der Waals surface area contributed by atoms with E-state index in [0.29, 0.717) is 41.2 Å². The molecule has 2 saturated heterocycles. The number of alkyl halides is 3. The van der Waals surface area contributed by atoms with Crippen molar-refractivity contribution in [2.75, 3.05) is 18.0 Å². The number of benzene rings is 2. The molecule has 0 radical (unpaired) electrons. The molecule has 6 rings (SSSR count). The Kier molecular flexibility index (Phi) is 6.77. The second-order valence-electron chi connectivity index (χ2n) is 10.7. The summed E-state index contributed by atoms with van der Waals surface area (Å²) in [5.41, 5.74) is 3.68. The van der Waals surface area contributed by atoms with E-state index in [0.717, 1.165) is 23.3 Å². The van der Waals surface area contributed by atoms with Crippen molar-refractivity contribution in [3.63, 3.8) is 0 Å². The van der Waals surface area contributed by atoms with Crippen LogP contribution in [0.2, 0.25) is 0 Å². The Morgan fingerprint density at radius 2 is 1.86 bits per heavy atom. The smallest absolute Gasteiger partial charge is 0.361 e. The highest BCUT2D eigenvalue weighted by atomic mass is 19.4. The van der Waals surface area contributed by atoms with Crippen LogP contribution in [-0.4, -0.2) is 50.7 Å². The minimum Gasteiger partial charge on any atom is -0.361 e. The number of aryl methyl sites for hydroxylation is 2. The van der Waals surface area contributed by atoms with E-state index in [-0.39, 0.29) is 31.1 Å². The average Bonchev–Trinajstić information content (AvgIpc) is 3.69. The average molecular weight is 588 g/mol. The number of carbonyl (C=O) groups excluding carboxylic acids is 2. The van der Waals surface area contributed by atoms with Crippen LogP contribution in [0.1, 0.15) is 55.0 Å². The lowest BCUT2D eigenvalue weighted by Crippen LogP contribution is -2.33. The fraction of sp³-hybridized carbons (Fsp3) is 0.379. The maximum atomic E-state index is 14.2. The number of halogens is 5. The molecule has 2 aromatic carbocycles. The zero-order chi connectivity index (χ0) is 29.9. The topological polar surface area (TPSA) is 84.5 Å². The molecule has 0 aliphatic carbocycles. The van der Waals surface area contributed by atoms with E-state index in [1.807, 2.05) is 29.7 Å². The number of anilines is 1. The minimum absolute atomic E-state index is 0.0326. The lowest BCUT2D eigenvalue weighted by Gasteiger charge is -2.27. The molecular formula is C29H26F5N5O3. The largest absolute Gasteiger partial charge is 0.397 e. The van der Waals surface area contributed by atoms with Gasteiger partial charge in [-0.1, -0.05) is 11.2 Å². The number of imidazole rings is 1. The Hall–Kier alpha value is -4.29. The van der Waals surface area contributed by atoms with Gasteiger partial charge in [0.05, 0.1) is 28.8 Å². The quantitative estimate of drug-likeness (QED) is 0.261. The van der Waals surface area contributed by atoms with Gasteiger partial charge in [-0.2, -0.15) is 13.2 Å². The predicted molar refractivity (Wildman–Crippen MR) is 141 cm³/mol. The van der Waals surface area contributed by atoms with Gasteiger partial charge in [-0.25, -0.2) is 13.8 Å². The van der Waals surface area contributed by atoms with Gasteiger partial charge in [-0.15, -0.1) is 0 Å². The number of likely N-dealkylation sites (tertiary alicyclic amines) is 1. The third-order valence-corrected chi connectivity index (χ3v) is 7.96. The van der Waals surface area contributed by atoms with E-state index in [1.165, 1.54) is 15.9 Å². The van der Waals surface area contributed by atoms with Crippen molar-refractivity contribution in [2.45, 2.75) is 57.8 Å². The summed E-state index contributed by atoms with van der Waals surface area (Å²) in [7, 11) is 0. The second kappa shape index (κ2) is 10.2. The third kappa shape index (κ3) is 4.90. The van der Waals surface area contributed by atoms with Gasteiger partial charge in [0.2, 0.25) is 11.8 Å². The number of rotatable bonds is 5. The molecule has 2 aliphatic rings. The summed E-state index contributed by atoms with van der Waals surface area (Å²) in [5.74, 6) is -2.38. The van der Waals surface area contributed by atoms with Crippen LogP contribution in [0.25, 0.3) is 22.2 Å². The van der Waals surface area contributed by atoms with Gasteiger partial charge in [-0.3, -0.25) is 9.59 Å². The predicted octanol–water partition coefficient (Wildman–Crippen LogP) is 6.18. The van der Waals surface area contributed by atoms with Gasteiger partial charge in [0.25, 0.3) is 0 Å². The summed E-state index contributed by atoms with van der Waals surface area (Å²) >= 11 is 0. The number of hydrogen-bond acceptors (Lipinski definition) is 5. The first kappa shape index (κ1) is 27.9. The fourth-order valence-electron chi connectivity index (χ4n) is 6.14. The molecule has 42 heavy (non-hydrogen) atoms. The molecule has 2 atom stereocenters. The maximum Gasteiger partial charge on any atom is 0.397 e. The fourth-order valence-corrected chi connectivity index (χ4v) is 6.14. The number of fused-ring (bicyclic) bond motifs is 1. The highest BCUT2D eigenvalue weighted by molar-refractivity contribution is 5.96. The zero-order valence-corrected chi connectivity index (χ0v) is 22.7. The van der Waals surface area contributed by atoms with Crippen molar-refractivity contribution in [2.24, 2.45) is 0 Å². The van der Waals surface area contributed by atoms with Crippen molar-refractivity contribution in [3.05, 3.63) is 65.3 Å². The minimum atomic E-state index is -4.62. The molecule has 220 valence electrons. The van der Waals surface area contributed by atoms with Crippen LogP contribution in [0.3, 0.4) is 0 Å². The first-order valence-electron chi connectivity index (χ1n) is 13.5. The molecule has 2 fully saturated rings. The Bertz CT molecular complexity index is 1690. The normalized spacial score (nSPS) is 19.5. The van der Waals surface area contributed by atoms with E-state index >= 15 is 0 Å². The summed E-state index contributed by atoms with van der Waals surface area (Å²) < 4.78 is 74.0. The summed E-state index contributed by atoms with van der Waals surface area (Å²) in [4.78, 5) is 33.0. The van der Waals surface area contributed by atoms with Crippen molar-refractivity contribution in [3.8, 4) is 11.1 Å². The van der Waals surface area contributed by atoms with Crippen LogP contribution in [-0.2, 0) is 9.59 Å². The van der Waals surface area contributed by atoms with Crippen molar-refractivity contribution in [1.29, 1.82) is 0 Å². The van der Waals surface area contributed by atoms with Crippen molar-refractivity contribution in [1.82, 2.24) is 19.6 Å². The van der Waals surface area contributed by atoms with Gasteiger partial charge < -0.3 is 18.9 Å². The van der Waals surface area contributed by atoms with E-state index in [2.05, 4.69) is 5.16 Å². The Labute approximate surface area is 236 Å². The molecular weight excluding hydrogens is 561 g/mol. The number of amides is 2. The summed E-state index contributed by atoms with van der Waals surface area (Å²) in [5, 5.41) is 4.02. The van der Waals surface area contributed by atoms with Crippen molar-refractivity contribution >= 4 is 28.5 Å². The molecule has 2 aliphatic heterocycles. The number of nitrogens with zero attached hydrogens (tertiary/aromatic N) is 5. The van der Waals surface area contributed by atoms with Crippen LogP contribution in [0.5, 0.6) is 0 Å². The van der Waals surface area contributed by atoms with E-state index in [4.69, 9.17) is 9.51 Å². The van der Waals surface area contributed by atoms with Crippen LogP contribution in [0, 0.1) is 25.5 Å². The van der Waals surface area contributed by atoms with E-state index < -0.39 is 42.2 Å². The van der Waals surface area contributed by atoms with Gasteiger partial charge in [0.15, 0.2) is 11.6 Å². The Morgan fingerprint density at radius 1 is 1.07 bits per heavy atom. The summed E-state index contributed by atoms with van der Waals surface area (Å²) in [6.45, 7) is 3.77. The van der Waals surface area contributed by atoms with E-state index in [9.17, 15) is 31.5 Å². The van der Waals surface area contributed by atoms with Crippen molar-refractivity contribution < 1.29 is 36.1 Å². The lowest BCUT2D eigenvalue weighted by atomic mass is 10.0. The molecule has 0 bridgehead atoms. The zero-order valence-electron chi connectivity index (χ0n) is 22.7. The number of carbonyl (C=O) groups is 2. The SMILES string of the molecule is Cc1noc(C)c1-c1ccc2c(c1)nc([C@@H]1CCC(=O)N1c1ccc(F)c(F)c1)n2[C@@H]1CCN(C(=O)CC(F)(F)F)C1.